The first-order valence-electron chi connectivity index (χ1n) is 19.5. The first kappa shape index (κ1) is 33.5. The summed E-state index contributed by atoms with van der Waals surface area (Å²) in [5, 5.41) is 8.57. The monoisotopic (exact) mass is 744 g/mol. The lowest BCUT2D eigenvalue weighted by molar-refractivity contribution is 1.09. The standard InChI is InChI=1S/C52H36N6/c1-32-22-24-37(25-23-32)49-48-50-46(35-18-10-4-11-19-35)42-30-28-40(54-42)44(33-14-6-2-7-15-33)38-26-27-39(53-38)45(34-16-8-3-9-17-34)41-29-31-43(55-41)47(36-20-12-5-13-21-36)51(56-50)52(48)58-57-49/h2-31,54-55H,1H3,(H,57,58). The van der Waals surface area contributed by atoms with E-state index in [1.165, 1.54) is 5.56 Å². The zero-order valence-electron chi connectivity index (χ0n) is 31.7. The molecule has 6 heteroatoms. The quantitative estimate of drug-likeness (QED) is 0.164. The average Bonchev–Trinajstić information content (AvgIpc) is 4.13. The molecule has 11 rings (SSSR count). The van der Waals surface area contributed by atoms with Gasteiger partial charge in [0.2, 0.25) is 0 Å². The summed E-state index contributed by atoms with van der Waals surface area (Å²) in [7, 11) is 0. The largest absolute Gasteiger partial charge is 0.354 e. The number of aromatic nitrogens is 6. The van der Waals surface area contributed by atoms with Crippen molar-refractivity contribution in [1.29, 1.82) is 0 Å². The summed E-state index contributed by atoms with van der Waals surface area (Å²) in [4.78, 5) is 18.9. The van der Waals surface area contributed by atoms with Gasteiger partial charge >= 0.3 is 0 Å². The van der Waals surface area contributed by atoms with Crippen LogP contribution in [0.15, 0.2) is 170 Å². The number of nitrogens with zero attached hydrogens (tertiary/aromatic N) is 3. The summed E-state index contributed by atoms with van der Waals surface area (Å²) in [5.41, 5.74) is 20.3. The first-order valence-corrected chi connectivity index (χ1v) is 19.5. The third kappa shape index (κ3) is 5.61. The Labute approximate surface area is 335 Å². The highest BCUT2D eigenvalue weighted by Crippen LogP contribution is 2.49. The van der Waals surface area contributed by atoms with Crippen molar-refractivity contribution < 1.29 is 0 Å². The molecule has 0 atom stereocenters. The molecule has 6 nitrogen and oxygen atoms in total. The normalized spacial score (nSPS) is 11.8. The summed E-state index contributed by atoms with van der Waals surface area (Å²) < 4.78 is 0. The van der Waals surface area contributed by atoms with E-state index in [1.807, 2.05) is 0 Å². The van der Waals surface area contributed by atoms with Crippen molar-refractivity contribution in [3.63, 3.8) is 0 Å². The van der Waals surface area contributed by atoms with Gasteiger partial charge in [-0.15, -0.1) is 0 Å². The molecular formula is C52H36N6. The van der Waals surface area contributed by atoms with Crippen LogP contribution in [0.25, 0.3) is 113 Å². The van der Waals surface area contributed by atoms with Crippen LogP contribution in [0.4, 0.5) is 0 Å². The van der Waals surface area contributed by atoms with Gasteiger partial charge in [-0.25, -0.2) is 9.97 Å². The molecule has 0 saturated heterocycles. The molecule has 2 aliphatic rings. The van der Waals surface area contributed by atoms with E-state index in [-0.39, 0.29) is 0 Å². The molecular weight excluding hydrogens is 709 g/mol. The van der Waals surface area contributed by atoms with Gasteiger partial charge in [-0.05, 0) is 65.6 Å². The molecule has 0 aliphatic carbocycles. The number of aromatic amines is 3. The maximum absolute atomic E-state index is 5.72. The number of benzene rings is 5. The van der Waals surface area contributed by atoms with E-state index in [2.05, 4.69) is 204 Å². The molecule has 274 valence electrons. The second-order valence-electron chi connectivity index (χ2n) is 14.7. The summed E-state index contributed by atoms with van der Waals surface area (Å²) >= 11 is 0. The number of fused-ring (bicyclic) bond motifs is 11. The van der Waals surface area contributed by atoms with Crippen molar-refractivity contribution in [3.8, 4) is 78.4 Å². The Morgan fingerprint density at radius 1 is 0.345 bits per heavy atom. The van der Waals surface area contributed by atoms with Gasteiger partial charge in [0, 0.05) is 49.9 Å². The maximum Gasteiger partial charge on any atom is 0.102 e. The van der Waals surface area contributed by atoms with E-state index in [9.17, 15) is 0 Å². The van der Waals surface area contributed by atoms with Crippen LogP contribution in [0, 0.1) is 6.92 Å². The second-order valence-corrected chi connectivity index (χ2v) is 14.7. The van der Waals surface area contributed by atoms with Crippen molar-refractivity contribution >= 4 is 34.2 Å². The molecule has 0 saturated carbocycles. The number of H-pyrrole nitrogens is 3. The van der Waals surface area contributed by atoms with Crippen LogP contribution in [0.2, 0.25) is 0 Å². The van der Waals surface area contributed by atoms with Crippen molar-refractivity contribution in [3.05, 3.63) is 187 Å². The lowest BCUT2D eigenvalue weighted by atomic mass is 9.95. The minimum atomic E-state index is 0.814. The highest BCUT2D eigenvalue weighted by molar-refractivity contribution is 6.07. The van der Waals surface area contributed by atoms with E-state index in [1.54, 1.807) is 0 Å². The number of aryl methyl sites for hydroxylation is 1. The number of hydrogen-bond acceptors (Lipinski definition) is 3. The van der Waals surface area contributed by atoms with E-state index in [0.29, 0.717) is 0 Å². The van der Waals surface area contributed by atoms with Crippen molar-refractivity contribution in [2.45, 2.75) is 6.92 Å². The van der Waals surface area contributed by atoms with E-state index in [4.69, 9.17) is 15.1 Å². The van der Waals surface area contributed by atoms with Crippen LogP contribution < -0.4 is 0 Å². The zero-order chi connectivity index (χ0) is 38.6. The third-order valence-electron chi connectivity index (χ3n) is 11.1. The van der Waals surface area contributed by atoms with Crippen molar-refractivity contribution in [2.75, 3.05) is 0 Å². The van der Waals surface area contributed by atoms with Crippen LogP contribution in [0.5, 0.6) is 0 Å². The molecule has 0 radical (unpaired) electrons. The van der Waals surface area contributed by atoms with Crippen LogP contribution in [0.3, 0.4) is 0 Å². The molecule has 4 aromatic heterocycles. The highest BCUT2D eigenvalue weighted by atomic mass is 15.1. The van der Waals surface area contributed by atoms with Gasteiger partial charge in [0.25, 0.3) is 0 Å². The Kier molecular flexibility index (Phi) is 7.93. The minimum Gasteiger partial charge on any atom is -0.354 e. The molecule has 0 amide bonds. The fraction of sp³-hybridized carbons (Fsp3) is 0.0192. The highest BCUT2D eigenvalue weighted by Gasteiger charge is 2.31. The molecule has 6 heterocycles. The molecule has 8 bridgehead atoms. The van der Waals surface area contributed by atoms with Gasteiger partial charge in [-0.2, -0.15) is 5.10 Å². The van der Waals surface area contributed by atoms with E-state index < -0.39 is 0 Å². The maximum atomic E-state index is 5.72. The average molecular weight is 745 g/mol. The summed E-state index contributed by atoms with van der Waals surface area (Å²) in [6.45, 7) is 2.11. The molecule has 0 spiro atoms. The summed E-state index contributed by atoms with van der Waals surface area (Å²) in [5.74, 6) is 0. The summed E-state index contributed by atoms with van der Waals surface area (Å²) in [6, 6.07) is 59.3. The van der Waals surface area contributed by atoms with E-state index in [0.717, 1.165) is 112 Å². The molecule has 9 aromatic rings. The van der Waals surface area contributed by atoms with Crippen LogP contribution in [0.1, 0.15) is 17.0 Å². The Morgan fingerprint density at radius 2 is 0.759 bits per heavy atom. The predicted octanol–water partition coefficient (Wildman–Crippen LogP) is 13.2. The Bertz CT molecular complexity index is 3190. The SMILES string of the molecule is Cc1ccc(-c2n[nH]c3c2-c2nc-3c(-c3ccccc3)c3ccc([nH]3)c(-c3ccccc3)c3nc(c(-c4ccccc4)c4ccc([nH]4)c2-c2ccccc2)C=C3)cc1. The molecule has 2 aliphatic heterocycles. The Morgan fingerprint density at radius 3 is 1.22 bits per heavy atom. The van der Waals surface area contributed by atoms with Gasteiger partial charge in [-0.1, -0.05) is 151 Å². The van der Waals surface area contributed by atoms with Gasteiger partial charge in [0.05, 0.1) is 34.0 Å². The fourth-order valence-electron chi connectivity index (χ4n) is 8.41. The van der Waals surface area contributed by atoms with Crippen LogP contribution in [-0.2, 0) is 0 Å². The first-order chi connectivity index (χ1) is 28.7. The van der Waals surface area contributed by atoms with Crippen LogP contribution in [-0.4, -0.2) is 30.1 Å². The van der Waals surface area contributed by atoms with E-state index >= 15 is 0 Å². The number of hydrogen-bond donors (Lipinski definition) is 3. The Balaban J connectivity index is 1.37. The molecule has 58 heavy (non-hydrogen) atoms. The van der Waals surface area contributed by atoms with Gasteiger partial charge in [0.1, 0.15) is 5.69 Å². The lowest BCUT2D eigenvalue weighted by Gasteiger charge is -2.08. The molecule has 5 aromatic carbocycles. The van der Waals surface area contributed by atoms with Crippen molar-refractivity contribution in [2.24, 2.45) is 0 Å². The van der Waals surface area contributed by atoms with Gasteiger partial charge in [0.15, 0.2) is 0 Å². The van der Waals surface area contributed by atoms with Crippen LogP contribution >= 0.6 is 0 Å². The van der Waals surface area contributed by atoms with Crippen molar-refractivity contribution in [1.82, 2.24) is 30.1 Å². The lowest BCUT2D eigenvalue weighted by Crippen LogP contribution is -1.90. The van der Waals surface area contributed by atoms with Gasteiger partial charge < -0.3 is 9.97 Å². The third-order valence-corrected chi connectivity index (χ3v) is 11.1. The second kappa shape index (κ2) is 13.7. The molecule has 0 unspecified atom stereocenters. The molecule has 3 N–H and O–H groups in total. The fourth-order valence-corrected chi connectivity index (χ4v) is 8.41. The molecule has 0 fully saturated rings. The topological polar surface area (TPSA) is 86.0 Å². The number of nitrogens with one attached hydrogen (secondary N) is 3. The summed E-state index contributed by atoms with van der Waals surface area (Å²) in [6.07, 6.45) is 4.28. The Hall–Kier alpha value is -7.83. The minimum absolute atomic E-state index is 0.814. The smallest absolute Gasteiger partial charge is 0.102 e. The van der Waals surface area contributed by atoms with Gasteiger partial charge in [-0.3, -0.25) is 5.10 Å². The zero-order valence-corrected chi connectivity index (χ0v) is 31.7. The predicted molar refractivity (Wildman–Crippen MR) is 238 cm³/mol. The number of rotatable bonds is 5.